The normalized spacial score (nSPS) is 19.9. The first kappa shape index (κ1) is 15.3. The summed E-state index contributed by atoms with van der Waals surface area (Å²) in [5.74, 6) is -0.926. The molecule has 1 amide bonds. The highest BCUT2D eigenvalue weighted by Gasteiger charge is 2.35. The van der Waals surface area contributed by atoms with Crippen LogP contribution in [0, 0.1) is 0 Å². The Balaban J connectivity index is 2.14. The van der Waals surface area contributed by atoms with Crippen LogP contribution in [0.5, 0.6) is 5.75 Å². The lowest BCUT2D eigenvalue weighted by Gasteiger charge is -2.34. The summed E-state index contributed by atoms with van der Waals surface area (Å²) in [6, 6.07) is 6.29. The Morgan fingerprint density at radius 3 is 2.62 bits per heavy atom. The average Bonchev–Trinajstić information content (AvgIpc) is 2.53. The molecule has 2 rings (SSSR count). The number of hydrogen-bond donors (Lipinski definition) is 1. The summed E-state index contributed by atoms with van der Waals surface area (Å²) in [4.78, 5) is 25.2. The highest BCUT2D eigenvalue weighted by atomic mass is 16.5. The van der Waals surface area contributed by atoms with Crippen molar-refractivity contribution >= 4 is 11.9 Å². The molecule has 21 heavy (non-hydrogen) atoms. The van der Waals surface area contributed by atoms with Crippen LogP contribution in [-0.2, 0) is 14.3 Å². The molecule has 1 aromatic carbocycles. The molecule has 1 aromatic rings. The Hall–Kier alpha value is -2.08. The SMILES string of the molecule is COc1ccc(C(C)C(=O)N2CCOCC2C(=O)O)cc1. The van der Waals surface area contributed by atoms with E-state index in [1.165, 1.54) is 4.90 Å². The predicted molar refractivity (Wildman–Crippen MR) is 75.4 cm³/mol. The molecule has 2 atom stereocenters. The number of morpholine rings is 1. The molecule has 0 spiro atoms. The third-order valence-electron chi connectivity index (χ3n) is 3.68. The van der Waals surface area contributed by atoms with Gasteiger partial charge in [-0.25, -0.2) is 4.79 Å². The van der Waals surface area contributed by atoms with E-state index in [-0.39, 0.29) is 12.5 Å². The van der Waals surface area contributed by atoms with E-state index in [9.17, 15) is 14.7 Å². The Morgan fingerprint density at radius 1 is 1.38 bits per heavy atom. The second kappa shape index (κ2) is 6.58. The van der Waals surface area contributed by atoms with E-state index in [0.717, 1.165) is 5.56 Å². The maximum atomic E-state index is 12.5. The molecule has 114 valence electrons. The van der Waals surface area contributed by atoms with Crippen molar-refractivity contribution in [2.24, 2.45) is 0 Å². The standard InChI is InChI=1S/C15H19NO5/c1-10(11-3-5-12(20-2)6-4-11)14(17)16-7-8-21-9-13(16)15(18)19/h3-6,10,13H,7-9H2,1-2H3,(H,18,19). The summed E-state index contributed by atoms with van der Waals surface area (Å²) in [5.41, 5.74) is 0.830. The average molecular weight is 293 g/mol. The van der Waals surface area contributed by atoms with E-state index >= 15 is 0 Å². The summed E-state index contributed by atoms with van der Waals surface area (Å²) >= 11 is 0. The molecule has 1 N–H and O–H groups in total. The molecule has 6 heteroatoms. The number of methoxy groups -OCH3 is 1. The van der Waals surface area contributed by atoms with Gasteiger partial charge in [-0.3, -0.25) is 4.79 Å². The maximum absolute atomic E-state index is 12.5. The number of rotatable bonds is 4. The maximum Gasteiger partial charge on any atom is 0.328 e. The lowest BCUT2D eigenvalue weighted by atomic mass is 9.98. The van der Waals surface area contributed by atoms with Gasteiger partial charge in [-0.05, 0) is 24.6 Å². The van der Waals surface area contributed by atoms with Crippen LogP contribution in [0.25, 0.3) is 0 Å². The summed E-state index contributed by atoms with van der Waals surface area (Å²) < 4.78 is 10.2. The molecule has 0 aliphatic carbocycles. The van der Waals surface area contributed by atoms with Crippen LogP contribution in [0.3, 0.4) is 0 Å². The Morgan fingerprint density at radius 2 is 2.05 bits per heavy atom. The number of benzene rings is 1. The molecular formula is C15H19NO5. The van der Waals surface area contributed by atoms with Gasteiger partial charge < -0.3 is 19.5 Å². The second-order valence-corrected chi connectivity index (χ2v) is 4.96. The van der Waals surface area contributed by atoms with Gasteiger partial charge in [0, 0.05) is 6.54 Å². The molecule has 2 unspecified atom stereocenters. The quantitative estimate of drug-likeness (QED) is 0.900. The number of carboxylic acid groups (broad SMARTS) is 1. The highest BCUT2D eigenvalue weighted by molar-refractivity contribution is 5.88. The van der Waals surface area contributed by atoms with Crippen LogP contribution in [-0.4, -0.2) is 54.8 Å². The summed E-state index contributed by atoms with van der Waals surface area (Å²) in [6.07, 6.45) is 0. The number of nitrogens with zero attached hydrogens (tertiary/aromatic N) is 1. The van der Waals surface area contributed by atoms with Gasteiger partial charge in [0.15, 0.2) is 6.04 Å². The van der Waals surface area contributed by atoms with E-state index < -0.39 is 17.9 Å². The summed E-state index contributed by atoms with van der Waals surface area (Å²) in [7, 11) is 1.58. The van der Waals surface area contributed by atoms with Gasteiger partial charge in [-0.15, -0.1) is 0 Å². The first-order valence-electron chi connectivity index (χ1n) is 6.79. The van der Waals surface area contributed by atoms with Crippen LogP contribution >= 0.6 is 0 Å². The monoisotopic (exact) mass is 293 g/mol. The van der Waals surface area contributed by atoms with Gasteiger partial charge in [0.1, 0.15) is 5.75 Å². The van der Waals surface area contributed by atoms with Gasteiger partial charge in [0.05, 0.1) is 26.2 Å². The minimum Gasteiger partial charge on any atom is -0.497 e. The van der Waals surface area contributed by atoms with E-state index in [0.29, 0.717) is 18.9 Å². The fourth-order valence-corrected chi connectivity index (χ4v) is 2.36. The molecule has 1 heterocycles. The lowest BCUT2D eigenvalue weighted by Crippen LogP contribution is -2.53. The fraction of sp³-hybridized carbons (Fsp3) is 0.467. The van der Waals surface area contributed by atoms with E-state index in [2.05, 4.69) is 0 Å². The fourth-order valence-electron chi connectivity index (χ4n) is 2.36. The second-order valence-electron chi connectivity index (χ2n) is 4.96. The van der Waals surface area contributed by atoms with Crippen molar-refractivity contribution in [2.45, 2.75) is 18.9 Å². The third-order valence-corrected chi connectivity index (χ3v) is 3.68. The van der Waals surface area contributed by atoms with Crippen LogP contribution < -0.4 is 4.74 Å². The van der Waals surface area contributed by atoms with E-state index in [1.807, 2.05) is 12.1 Å². The number of carboxylic acids is 1. The van der Waals surface area contributed by atoms with E-state index in [1.54, 1.807) is 26.2 Å². The molecular weight excluding hydrogens is 274 g/mol. The molecule has 1 saturated heterocycles. The zero-order chi connectivity index (χ0) is 15.4. The topological polar surface area (TPSA) is 76.1 Å². The van der Waals surface area contributed by atoms with Crippen molar-refractivity contribution in [3.05, 3.63) is 29.8 Å². The molecule has 0 radical (unpaired) electrons. The molecule has 0 saturated carbocycles. The Bertz CT molecular complexity index is 513. The van der Waals surface area contributed by atoms with Gasteiger partial charge in [0.25, 0.3) is 0 Å². The number of carbonyl (C=O) groups excluding carboxylic acids is 1. The number of carbonyl (C=O) groups is 2. The van der Waals surface area contributed by atoms with Gasteiger partial charge >= 0.3 is 5.97 Å². The van der Waals surface area contributed by atoms with E-state index in [4.69, 9.17) is 9.47 Å². The van der Waals surface area contributed by atoms with Crippen LogP contribution in [0.15, 0.2) is 24.3 Å². The van der Waals surface area contributed by atoms with Crippen molar-refractivity contribution in [3.63, 3.8) is 0 Å². The Kier molecular flexibility index (Phi) is 4.80. The summed E-state index contributed by atoms with van der Waals surface area (Å²) in [5, 5.41) is 9.19. The molecule has 1 fully saturated rings. The van der Waals surface area contributed by atoms with Crippen molar-refractivity contribution in [1.82, 2.24) is 4.90 Å². The number of aliphatic carboxylic acids is 1. The molecule has 1 aliphatic heterocycles. The zero-order valence-corrected chi connectivity index (χ0v) is 12.1. The number of amides is 1. The minimum absolute atomic E-state index is 0.0381. The highest BCUT2D eigenvalue weighted by Crippen LogP contribution is 2.23. The van der Waals surface area contributed by atoms with Crippen molar-refractivity contribution < 1.29 is 24.2 Å². The van der Waals surface area contributed by atoms with Crippen molar-refractivity contribution in [2.75, 3.05) is 26.9 Å². The smallest absolute Gasteiger partial charge is 0.328 e. The minimum atomic E-state index is -1.04. The zero-order valence-electron chi connectivity index (χ0n) is 12.1. The van der Waals surface area contributed by atoms with Crippen LogP contribution in [0.4, 0.5) is 0 Å². The molecule has 0 bridgehead atoms. The Labute approximate surface area is 123 Å². The van der Waals surface area contributed by atoms with Gasteiger partial charge in [-0.2, -0.15) is 0 Å². The predicted octanol–water partition coefficient (Wildman–Crippen LogP) is 1.11. The van der Waals surface area contributed by atoms with Crippen LogP contribution in [0.1, 0.15) is 18.4 Å². The number of ether oxygens (including phenoxy) is 2. The number of hydrogen-bond acceptors (Lipinski definition) is 4. The lowest BCUT2D eigenvalue weighted by molar-refractivity contribution is -0.158. The molecule has 0 aromatic heterocycles. The first-order chi connectivity index (χ1) is 10.0. The largest absolute Gasteiger partial charge is 0.497 e. The van der Waals surface area contributed by atoms with Gasteiger partial charge in [0.2, 0.25) is 5.91 Å². The summed E-state index contributed by atoms with van der Waals surface area (Å²) in [6.45, 7) is 2.48. The molecule has 6 nitrogen and oxygen atoms in total. The van der Waals surface area contributed by atoms with Gasteiger partial charge in [-0.1, -0.05) is 12.1 Å². The van der Waals surface area contributed by atoms with Crippen molar-refractivity contribution in [3.8, 4) is 5.75 Å². The third kappa shape index (κ3) is 3.33. The molecule has 1 aliphatic rings. The van der Waals surface area contributed by atoms with Crippen molar-refractivity contribution in [1.29, 1.82) is 0 Å². The van der Waals surface area contributed by atoms with Crippen LogP contribution in [0.2, 0.25) is 0 Å². The first-order valence-corrected chi connectivity index (χ1v) is 6.79.